The first kappa shape index (κ1) is 15.3. The molecule has 0 aliphatic carbocycles. The van der Waals surface area contributed by atoms with E-state index >= 15 is 0 Å². The lowest BCUT2D eigenvalue weighted by atomic mass is 10.2. The number of aromatic nitrogens is 4. The van der Waals surface area contributed by atoms with Crippen LogP contribution in [0.1, 0.15) is 37.1 Å². The molecule has 22 heavy (non-hydrogen) atoms. The third kappa shape index (κ3) is 3.24. The maximum atomic E-state index is 12.4. The number of carbonyl (C=O) groups excluding carboxylic acids is 1. The van der Waals surface area contributed by atoms with Gasteiger partial charge in [0.25, 0.3) is 5.78 Å². The van der Waals surface area contributed by atoms with Crippen LogP contribution in [0.25, 0.3) is 5.78 Å². The molecule has 0 aromatic carbocycles. The molecule has 1 fully saturated rings. The van der Waals surface area contributed by atoms with Crippen molar-refractivity contribution in [3.63, 3.8) is 0 Å². The van der Waals surface area contributed by atoms with Gasteiger partial charge in [0.05, 0.1) is 5.75 Å². The second-order valence-corrected chi connectivity index (χ2v) is 6.68. The Morgan fingerprint density at radius 3 is 2.64 bits per heavy atom. The molecular formula is C15H21N5OS. The van der Waals surface area contributed by atoms with E-state index in [1.165, 1.54) is 24.6 Å². The van der Waals surface area contributed by atoms with Crippen LogP contribution in [0.5, 0.6) is 0 Å². The van der Waals surface area contributed by atoms with Gasteiger partial charge in [0.1, 0.15) is 0 Å². The van der Waals surface area contributed by atoms with Crippen LogP contribution >= 0.6 is 11.8 Å². The fourth-order valence-electron chi connectivity index (χ4n) is 2.83. The lowest BCUT2D eigenvalue weighted by Gasteiger charge is -2.19. The van der Waals surface area contributed by atoms with Crippen LogP contribution in [-0.2, 0) is 4.79 Å². The van der Waals surface area contributed by atoms with Gasteiger partial charge in [-0.05, 0) is 32.8 Å². The van der Waals surface area contributed by atoms with Gasteiger partial charge in [-0.3, -0.25) is 9.20 Å². The van der Waals surface area contributed by atoms with Gasteiger partial charge in [0, 0.05) is 24.5 Å². The fourth-order valence-corrected chi connectivity index (χ4v) is 3.72. The largest absolute Gasteiger partial charge is 0.342 e. The van der Waals surface area contributed by atoms with Crippen LogP contribution in [0.4, 0.5) is 0 Å². The lowest BCUT2D eigenvalue weighted by Crippen LogP contribution is -2.33. The van der Waals surface area contributed by atoms with E-state index in [4.69, 9.17) is 0 Å². The molecule has 1 amide bonds. The van der Waals surface area contributed by atoms with Crippen molar-refractivity contribution in [3.05, 3.63) is 17.5 Å². The van der Waals surface area contributed by atoms with Gasteiger partial charge in [-0.1, -0.05) is 24.6 Å². The molecule has 3 heterocycles. The van der Waals surface area contributed by atoms with Gasteiger partial charge in [-0.2, -0.15) is 0 Å². The molecule has 0 atom stereocenters. The quantitative estimate of drug-likeness (QED) is 0.812. The molecule has 0 N–H and O–H groups in total. The topological polar surface area (TPSA) is 63.4 Å². The first-order valence-electron chi connectivity index (χ1n) is 7.75. The Balaban J connectivity index is 1.70. The summed E-state index contributed by atoms with van der Waals surface area (Å²) < 4.78 is 1.91. The number of carbonyl (C=O) groups is 1. The number of fused-ring (bicyclic) bond motifs is 1. The summed E-state index contributed by atoms with van der Waals surface area (Å²) in [5.74, 6) is 1.21. The number of thioether (sulfide) groups is 1. The molecule has 2 aromatic heterocycles. The summed E-state index contributed by atoms with van der Waals surface area (Å²) in [6.07, 6.45) is 4.70. The van der Waals surface area contributed by atoms with Gasteiger partial charge in [-0.25, -0.2) is 4.98 Å². The highest BCUT2D eigenvalue weighted by molar-refractivity contribution is 7.99. The highest BCUT2D eigenvalue weighted by Crippen LogP contribution is 2.20. The molecular weight excluding hydrogens is 298 g/mol. The smallest absolute Gasteiger partial charge is 0.256 e. The monoisotopic (exact) mass is 319 g/mol. The molecule has 1 aliphatic heterocycles. The minimum absolute atomic E-state index is 0.196. The standard InChI is InChI=1S/C15H21N5OS/c1-11-9-12(2)20-14(16-11)17-18-15(20)22-10-13(21)19-7-5-3-4-6-8-19/h9H,3-8,10H2,1-2H3. The zero-order valence-electron chi connectivity index (χ0n) is 13.1. The predicted octanol–water partition coefficient (Wildman–Crippen LogP) is 2.24. The lowest BCUT2D eigenvalue weighted by molar-refractivity contribution is -0.128. The average molecular weight is 319 g/mol. The van der Waals surface area contributed by atoms with Crippen LogP contribution in [0.2, 0.25) is 0 Å². The second kappa shape index (κ2) is 6.64. The van der Waals surface area contributed by atoms with Crippen molar-refractivity contribution in [1.29, 1.82) is 0 Å². The molecule has 6 nitrogen and oxygen atoms in total. The fraction of sp³-hybridized carbons (Fsp3) is 0.600. The SMILES string of the molecule is Cc1cc(C)n2c(SCC(=O)N3CCCCCC3)nnc2n1. The first-order valence-corrected chi connectivity index (χ1v) is 8.73. The number of aryl methyl sites for hydroxylation is 2. The highest BCUT2D eigenvalue weighted by atomic mass is 32.2. The summed E-state index contributed by atoms with van der Waals surface area (Å²) in [4.78, 5) is 18.7. The number of likely N-dealkylation sites (tertiary alicyclic amines) is 1. The molecule has 0 bridgehead atoms. The van der Waals surface area contributed by atoms with Crippen molar-refractivity contribution in [2.75, 3.05) is 18.8 Å². The average Bonchev–Trinajstić information content (AvgIpc) is 2.71. The van der Waals surface area contributed by atoms with Crippen molar-refractivity contribution in [2.45, 2.75) is 44.7 Å². The summed E-state index contributed by atoms with van der Waals surface area (Å²) in [7, 11) is 0. The van der Waals surface area contributed by atoms with E-state index < -0.39 is 0 Å². The van der Waals surface area contributed by atoms with Crippen molar-refractivity contribution in [2.24, 2.45) is 0 Å². The summed E-state index contributed by atoms with van der Waals surface area (Å²) in [6.45, 7) is 5.72. The Bertz CT molecular complexity index is 676. The minimum Gasteiger partial charge on any atom is -0.342 e. The molecule has 2 aromatic rings. The van der Waals surface area contributed by atoms with Crippen LogP contribution in [0.3, 0.4) is 0 Å². The zero-order valence-corrected chi connectivity index (χ0v) is 13.9. The van der Waals surface area contributed by atoms with Crippen molar-refractivity contribution in [1.82, 2.24) is 24.5 Å². The van der Waals surface area contributed by atoms with Gasteiger partial charge in [0.2, 0.25) is 5.91 Å². The molecule has 118 valence electrons. The summed E-state index contributed by atoms with van der Waals surface area (Å²) in [5.41, 5.74) is 1.96. The molecule has 3 rings (SSSR count). The van der Waals surface area contributed by atoms with E-state index in [0.717, 1.165) is 42.5 Å². The Morgan fingerprint density at radius 2 is 1.91 bits per heavy atom. The van der Waals surface area contributed by atoms with Crippen LogP contribution in [0.15, 0.2) is 11.2 Å². The summed E-state index contributed by atoms with van der Waals surface area (Å²) in [6, 6.07) is 2.00. The minimum atomic E-state index is 0.196. The molecule has 7 heteroatoms. The number of hydrogen-bond acceptors (Lipinski definition) is 5. The maximum absolute atomic E-state index is 12.4. The van der Waals surface area contributed by atoms with Crippen molar-refractivity contribution in [3.8, 4) is 0 Å². The Kier molecular flexibility index (Phi) is 4.61. The first-order chi connectivity index (χ1) is 10.6. The third-order valence-corrected chi connectivity index (χ3v) is 4.86. The molecule has 0 radical (unpaired) electrons. The molecule has 0 unspecified atom stereocenters. The Hall–Kier alpha value is -1.63. The number of nitrogens with zero attached hydrogens (tertiary/aromatic N) is 5. The maximum Gasteiger partial charge on any atom is 0.256 e. The normalized spacial score (nSPS) is 16.0. The van der Waals surface area contributed by atoms with Crippen LogP contribution in [0, 0.1) is 13.8 Å². The van der Waals surface area contributed by atoms with Crippen LogP contribution in [-0.4, -0.2) is 49.2 Å². The molecule has 1 saturated heterocycles. The van der Waals surface area contributed by atoms with Crippen molar-refractivity contribution >= 4 is 23.4 Å². The number of amides is 1. The molecule has 1 aliphatic rings. The van der Waals surface area contributed by atoms with E-state index in [2.05, 4.69) is 15.2 Å². The van der Waals surface area contributed by atoms with E-state index in [-0.39, 0.29) is 5.91 Å². The van der Waals surface area contributed by atoms with Gasteiger partial charge in [0.15, 0.2) is 5.16 Å². The zero-order chi connectivity index (χ0) is 15.5. The summed E-state index contributed by atoms with van der Waals surface area (Å²) in [5, 5.41) is 9.02. The van der Waals surface area contributed by atoms with Gasteiger partial charge < -0.3 is 4.90 Å². The number of hydrogen-bond donors (Lipinski definition) is 0. The van der Waals surface area contributed by atoms with Gasteiger partial charge in [-0.15, -0.1) is 10.2 Å². The van der Waals surface area contributed by atoms with E-state index in [9.17, 15) is 4.79 Å². The van der Waals surface area contributed by atoms with E-state index in [0.29, 0.717) is 11.5 Å². The number of rotatable bonds is 3. The van der Waals surface area contributed by atoms with Gasteiger partial charge >= 0.3 is 0 Å². The Labute approximate surface area is 134 Å². The highest BCUT2D eigenvalue weighted by Gasteiger charge is 2.17. The predicted molar refractivity (Wildman–Crippen MR) is 86.0 cm³/mol. The molecule has 0 spiro atoms. The van der Waals surface area contributed by atoms with Crippen molar-refractivity contribution < 1.29 is 4.79 Å². The summed E-state index contributed by atoms with van der Waals surface area (Å²) >= 11 is 1.44. The third-order valence-electron chi connectivity index (χ3n) is 3.95. The van der Waals surface area contributed by atoms with E-state index in [1.807, 2.05) is 29.2 Å². The Morgan fingerprint density at radius 1 is 1.18 bits per heavy atom. The second-order valence-electron chi connectivity index (χ2n) is 5.74. The molecule has 0 saturated carbocycles. The van der Waals surface area contributed by atoms with Crippen LogP contribution < -0.4 is 0 Å². The van der Waals surface area contributed by atoms with E-state index in [1.54, 1.807) is 0 Å².